The lowest BCUT2D eigenvalue weighted by Crippen LogP contribution is -2.02. The minimum absolute atomic E-state index is 0.664. The lowest BCUT2D eigenvalue weighted by Gasteiger charge is -2.18. The van der Waals surface area contributed by atoms with E-state index < -0.39 is 0 Å². The molecular formula is C96H61BBrO4. The van der Waals surface area contributed by atoms with E-state index in [-0.39, 0.29) is 0 Å². The fraction of sp³-hybridized carbons (Fsp3) is 0. The Labute approximate surface area is 598 Å². The van der Waals surface area contributed by atoms with Crippen LogP contribution in [0.5, 0.6) is 5.75 Å². The number of hydrogen-bond donors (Lipinski definition) is 1. The lowest BCUT2D eigenvalue weighted by atomic mass is 9.85. The van der Waals surface area contributed by atoms with E-state index in [1.54, 1.807) is 0 Å². The third-order valence-corrected chi connectivity index (χ3v) is 20.5. The van der Waals surface area contributed by atoms with Gasteiger partial charge in [-0.15, -0.1) is 0 Å². The summed E-state index contributed by atoms with van der Waals surface area (Å²) in [5, 5.41) is 28.2. The molecule has 0 spiro atoms. The smallest absolute Gasteiger partial charge is 0.537 e. The standard InChI is InChI=1S/C48H30O.C30H20BO2.C18H11BrO/c1-2-16-36-31(12-1)13-10-22-37(36)34-14-9-15-35(30-34)47-42-20-5-3-18-40(42)46(41-19-4-6-21-43(41)47)33-28-26-32(27-29-33)38-23-11-24-44-39-17-7-8-25-45(39)49-48(38)44;32-31-33-30-27-16-5-3-14-25(27)29(26-15-4-6-17-28(26)30)22-12-7-11-21(19-22)24-18-8-10-20-9-1-2-13-23(20)24;19-13-10-8-12(9-11-13)14-5-3-6-16-15-4-1-2-7-17(15)20-18(14)16/h1-30H;1-19,32H;1-11H. The molecule has 0 atom stereocenters. The highest BCUT2D eigenvalue weighted by Gasteiger charge is 2.21. The molecule has 102 heavy (non-hydrogen) atoms. The second-order valence-electron chi connectivity index (χ2n) is 25.7. The first-order valence-corrected chi connectivity index (χ1v) is 35.1. The molecule has 6 heteroatoms. The zero-order chi connectivity index (χ0) is 68.0. The Morgan fingerprint density at radius 2 is 0.529 bits per heavy atom. The van der Waals surface area contributed by atoms with E-state index in [2.05, 4.69) is 313 Å². The van der Waals surface area contributed by atoms with Gasteiger partial charge in [-0.2, -0.15) is 0 Å². The fourth-order valence-electron chi connectivity index (χ4n) is 15.4. The van der Waals surface area contributed by atoms with E-state index >= 15 is 0 Å². The first kappa shape index (κ1) is 61.7. The summed E-state index contributed by atoms with van der Waals surface area (Å²) in [5.41, 5.74) is 20.4. The molecular weight excluding hydrogens is 1310 g/mol. The van der Waals surface area contributed by atoms with Crippen LogP contribution >= 0.6 is 15.9 Å². The average Bonchev–Trinajstić information content (AvgIpc) is 1.12. The van der Waals surface area contributed by atoms with Crippen LogP contribution in [0.15, 0.2) is 377 Å². The number of benzene rings is 18. The number of para-hydroxylation sites is 4. The maximum atomic E-state index is 9.43. The van der Waals surface area contributed by atoms with Crippen LogP contribution in [0.2, 0.25) is 0 Å². The van der Waals surface area contributed by atoms with Crippen molar-refractivity contribution in [2.24, 2.45) is 0 Å². The molecule has 20 aromatic rings. The van der Waals surface area contributed by atoms with Gasteiger partial charge in [0, 0.05) is 47.9 Å². The molecule has 1 N–H and O–H groups in total. The first-order chi connectivity index (χ1) is 50.5. The van der Waals surface area contributed by atoms with Gasteiger partial charge in [0.2, 0.25) is 0 Å². The average molecular weight is 1370 g/mol. The van der Waals surface area contributed by atoms with E-state index in [1.165, 1.54) is 98.4 Å². The summed E-state index contributed by atoms with van der Waals surface area (Å²) in [6.45, 7) is 0. The Bertz CT molecular complexity index is 6480. The molecule has 0 amide bonds. The van der Waals surface area contributed by atoms with Crippen molar-refractivity contribution >= 4 is 132 Å². The summed E-state index contributed by atoms with van der Waals surface area (Å²) >= 11 is 3.47. The van der Waals surface area contributed by atoms with Crippen molar-refractivity contribution in [3.05, 3.63) is 368 Å². The molecule has 0 saturated carbocycles. The van der Waals surface area contributed by atoms with Gasteiger partial charge in [0.1, 0.15) is 28.1 Å². The van der Waals surface area contributed by atoms with Gasteiger partial charge in [-0.1, -0.05) is 344 Å². The Kier molecular flexibility index (Phi) is 16.1. The van der Waals surface area contributed by atoms with E-state index in [0.717, 1.165) is 100 Å². The lowest BCUT2D eigenvalue weighted by molar-refractivity contribution is 0.459. The van der Waals surface area contributed by atoms with E-state index in [0.29, 0.717) is 5.75 Å². The second-order valence-corrected chi connectivity index (χ2v) is 26.6. The fourth-order valence-corrected chi connectivity index (χ4v) is 15.6. The Morgan fingerprint density at radius 1 is 0.235 bits per heavy atom. The highest BCUT2D eigenvalue weighted by Crippen LogP contribution is 2.48. The van der Waals surface area contributed by atoms with Crippen molar-refractivity contribution in [3.8, 4) is 83.6 Å². The van der Waals surface area contributed by atoms with Gasteiger partial charge in [0.25, 0.3) is 0 Å². The highest BCUT2D eigenvalue weighted by molar-refractivity contribution is 9.10. The monoisotopic (exact) mass is 1370 g/mol. The zero-order valence-electron chi connectivity index (χ0n) is 55.3. The summed E-state index contributed by atoms with van der Waals surface area (Å²) in [6, 6.07) is 129. The summed E-state index contributed by atoms with van der Waals surface area (Å²) in [4.78, 5) is 0. The number of furan rings is 2. The maximum absolute atomic E-state index is 9.43. The Morgan fingerprint density at radius 3 is 0.961 bits per heavy atom. The predicted molar refractivity (Wildman–Crippen MR) is 433 cm³/mol. The van der Waals surface area contributed by atoms with Crippen LogP contribution < -0.4 is 4.65 Å². The third kappa shape index (κ3) is 11.1. The predicted octanol–water partition coefficient (Wildman–Crippen LogP) is 27.1. The van der Waals surface area contributed by atoms with Crippen LogP contribution in [0.1, 0.15) is 0 Å². The van der Waals surface area contributed by atoms with E-state index in [4.69, 9.17) is 13.5 Å². The normalized spacial score (nSPS) is 11.4. The molecule has 0 aliphatic heterocycles. The molecule has 0 aliphatic rings. The van der Waals surface area contributed by atoms with Gasteiger partial charge in [-0.05, 0) is 157 Å². The summed E-state index contributed by atoms with van der Waals surface area (Å²) in [6.07, 6.45) is 0. The molecule has 0 unspecified atom stereocenters. The van der Waals surface area contributed by atoms with Gasteiger partial charge in [0.05, 0.1) is 0 Å². The number of hydrogen-bond acceptors (Lipinski definition) is 4. The van der Waals surface area contributed by atoms with Crippen molar-refractivity contribution in [1.82, 2.24) is 0 Å². The molecule has 0 aliphatic carbocycles. The highest BCUT2D eigenvalue weighted by atomic mass is 79.9. The Hall–Kier alpha value is -12.6. The van der Waals surface area contributed by atoms with Crippen LogP contribution in [0.4, 0.5) is 0 Å². The zero-order valence-corrected chi connectivity index (χ0v) is 56.9. The van der Waals surface area contributed by atoms with Gasteiger partial charge < -0.3 is 18.5 Å². The molecule has 0 bridgehead atoms. The SMILES string of the molecule is Brc1ccc(-c2cccc3c2oc2ccccc23)cc1.O[B]Oc1c2ccccc2c(-c2cccc(-c3cccc4ccccc34)c2)c2ccccc12.c1cc(-c2cccc3ccccc23)cc(-c2c3ccccc3c(-c3ccc(-c4cccc5c4oc4ccccc45)cc3)c3ccccc23)c1. The van der Waals surface area contributed by atoms with Gasteiger partial charge >= 0.3 is 7.69 Å². The first-order valence-electron chi connectivity index (χ1n) is 34.3. The molecule has 20 rings (SSSR count). The number of halogens is 1. The summed E-state index contributed by atoms with van der Waals surface area (Å²) in [5.74, 6) is 0.664. The largest absolute Gasteiger partial charge is 0.569 e. The molecule has 4 nitrogen and oxygen atoms in total. The third-order valence-electron chi connectivity index (χ3n) is 19.9. The van der Waals surface area contributed by atoms with Crippen LogP contribution in [0, 0.1) is 0 Å². The van der Waals surface area contributed by atoms with Gasteiger partial charge in [-0.25, -0.2) is 0 Å². The van der Waals surface area contributed by atoms with Crippen LogP contribution in [-0.4, -0.2) is 12.7 Å². The maximum Gasteiger partial charge on any atom is 0.569 e. The van der Waals surface area contributed by atoms with E-state index in [9.17, 15) is 5.02 Å². The molecule has 2 aromatic heterocycles. The molecule has 0 saturated heterocycles. The quantitative estimate of drug-likeness (QED) is 0.116. The Balaban J connectivity index is 0.000000121. The topological polar surface area (TPSA) is 55.7 Å². The van der Waals surface area contributed by atoms with Gasteiger partial charge in [0.15, 0.2) is 0 Å². The van der Waals surface area contributed by atoms with Crippen molar-refractivity contribution in [1.29, 1.82) is 0 Å². The van der Waals surface area contributed by atoms with Crippen LogP contribution in [-0.2, 0) is 0 Å². The second kappa shape index (κ2) is 26.6. The minimum atomic E-state index is 0.664. The van der Waals surface area contributed by atoms with Crippen molar-refractivity contribution < 1.29 is 18.5 Å². The van der Waals surface area contributed by atoms with Gasteiger partial charge in [-0.3, -0.25) is 0 Å². The molecule has 0 fully saturated rings. The van der Waals surface area contributed by atoms with E-state index in [1.807, 2.05) is 66.7 Å². The number of rotatable bonds is 9. The molecule has 479 valence electrons. The van der Waals surface area contributed by atoms with Crippen LogP contribution in [0.3, 0.4) is 0 Å². The van der Waals surface area contributed by atoms with Crippen molar-refractivity contribution in [3.63, 3.8) is 0 Å². The minimum Gasteiger partial charge on any atom is -0.537 e. The van der Waals surface area contributed by atoms with Crippen molar-refractivity contribution in [2.75, 3.05) is 0 Å². The van der Waals surface area contributed by atoms with Crippen LogP contribution in [0.25, 0.3) is 186 Å². The summed E-state index contributed by atoms with van der Waals surface area (Å²) in [7, 11) is 0.759. The van der Waals surface area contributed by atoms with Crippen molar-refractivity contribution in [2.45, 2.75) is 0 Å². The molecule has 1 radical (unpaired) electrons. The number of fused-ring (bicyclic) bond motifs is 12. The summed E-state index contributed by atoms with van der Waals surface area (Å²) < 4.78 is 19.1. The molecule has 18 aromatic carbocycles. The molecule has 2 heterocycles.